The fourth-order valence-corrected chi connectivity index (χ4v) is 1.80. The third-order valence-corrected chi connectivity index (χ3v) is 3.05. The highest BCUT2D eigenvalue weighted by Crippen LogP contribution is 2.24. The number of hydrogen-bond acceptors (Lipinski definition) is 4. The summed E-state index contributed by atoms with van der Waals surface area (Å²) in [4.78, 5) is 0. The monoisotopic (exact) mass is 288 g/mol. The number of rotatable bonds is 4. The Morgan fingerprint density at radius 3 is 2.60 bits per heavy atom. The molecule has 5 heteroatoms. The lowest BCUT2D eigenvalue weighted by molar-refractivity contribution is 0.303. The highest BCUT2D eigenvalue weighted by molar-refractivity contribution is 6.33. The molecule has 0 bridgehead atoms. The van der Waals surface area contributed by atoms with Gasteiger partial charge in [0.1, 0.15) is 18.1 Å². The molecular formula is C15H13ClN2O2. The quantitative estimate of drug-likeness (QED) is 0.876. The second-order valence-corrected chi connectivity index (χ2v) is 4.56. The lowest BCUT2D eigenvalue weighted by Crippen LogP contribution is -1.98. The molecular weight excluding hydrogens is 276 g/mol. The molecule has 4 nitrogen and oxygen atoms in total. The fraction of sp³-hybridized carbons (Fsp3) is 0.133. The number of benzene rings is 2. The van der Waals surface area contributed by atoms with E-state index < -0.39 is 0 Å². The summed E-state index contributed by atoms with van der Waals surface area (Å²) in [5.74, 6) is 1.14. The van der Waals surface area contributed by atoms with Crippen LogP contribution in [0.3, 0.4) is 0 Å². The Bertz CT molecular complexity index is 665. The van der Waals surface area contributed by atoms with E-state index in [2.05, 4.69) is 6.07 Å². The van der Waals surface area contributed by atoms with E-state index in [1.807, 2.05) is 6.07 Å². The van der Waals surface area contributed by atoms with Crippen molar-refractivity contribution >= 4 is 17.3 Å². The summed E-state index contributed by atoms with van der Waals surface area (Å²) in [6.07, 6.45) is 0. The largest absolute Gasteiger partial charge is 0.497 e. The van der Waals surface area contributed by atoms with Crippen LogP contribution in [0.15, 0.2) is 36.4 Å². The van der Waals surface area contributed by atoms with Gasteiger partial charge in [0.15, 0.2) is 0 Å². The number of nitrogens with zero attached hydrogens (tertiary/aromatic N) is 1. The summed E-state index contributed by atoms with van der Waals surface area (Å²) < 4.78 is 10.8. The van der Waals surface area contributed by atoms with Crippen molar-refractivity contribution in [3.63, 3.8) is 0 Å². The Morgan fingerprint density at radius 2 is 1.95 bits per heavy atom. The number of nitriles is 1. The molecule has 0 atom stereocenters. The Labute approximate surface area is 122 Å². The minimum absolute atomic E-state index is 0.333. The van der Waals surface area contributed by atoms with Gasteiger partial charge >= 0.3 is 0 Å². The first kappa shape index (κ1) is 14.0. The first-order valence-corrected chi connectivity index (χ1v) is 6.26. The molecule has 0 unspecified atom stereocenters. The van der Waals surface area contributed by atoms with Gasteiger partial charge in [0.2, 0.25) is 0 Å². The van der Waals surface area contributed by atoms with E-state index in [9.17, 15) is 0 Å². The summed E-state index contributed by atoms with van der Waals surface area (Å²) in [6.45, 7) is 0.333. The van der Waals surface area contributed by atoms with Crippen LogP contribution < -0.4 is 15.2 Å². The molecule has 2 N–H and O–H groups in total. The van der Waals surface area contributed by atoms with Crippen molar-refractivity contribution in [2.75, 3.05) is 12.8 Å². The summed E-state index contributed by atoms with van der Waals surface area (Å²) in [5.41, 5.74) is 7.62. The molecule has 0 spiro atoms. The Kier molecular flexibility index (Phi) is 4.34. The van der Waals surface area contributed by atoms with Gasteiger partial charge in [0, 0.05) is 6.07 Å². The molecule has 0 aliphatic rings. The molecule has 0 aromatic heterocycles. The molecule has 2 aromatic carbocycles. The minimum Gasteiger partial charge on any atom is -0.497 e. The zero-order valence-corrected chi connectivity index (χ0v) is 11.6. The number of halogens is 1. The molecule has 102 valence electrons. The van der Waals surface area contributed by atoms with Gasteiger partial charge in [-0.15, -0.1) is 0 Å². The normalized spacial score (nSPS) is 9.85. The van der Waals surface area contributed by atoms with Crippen molar-refractivity contribution in [2.45, 2.75) is 6.61 Å². The van der Waals surface area contributed by atoms with Crippen molar-refractivity contribution in [3.8, 4) is 17.6 Å². The molecule has 0 saturated heterocycles. The van der Waals surface area contributed by atoms with Gasteiger partial charge in [-0.1, -0.05) is 17.7 Å². The summed E-state index contributed by atoms with van der Waals surface area (Å²) in [6, 6.07) is 12.4. The molecule has 20 heavy (non-hydrogen) atoms. The average Bonchev–Trinajstić information content (AvgIpc) is 2.48. The van der Waals surface area contributed by atoms with Crippen molar-refractivity contribution in [2.24, 2.45) is 0 Å². The van der Waals surface area contributed by atoms with Crippen LogP contribution in [0.5, 0.6) is 11.5 Å². The fourth-order valence-electron chi connectivity index (χ4n) is 1.69. The van der Waals surface area contributed by atoms with Crippen LogP contribution in [0.25, 0.3) is 0 Å². The number of nitrogens with two attached hydrogens (primary N) is 1. The topological polar surface area (TPSA) is 68.3 Å². The van der Waals surface area contributed by atoms with E-state index in [-0.39, 0.29) is 0 Å². The maximum absolute atomic E-state index is 8.94. The second kappa shape index (κ2) is 6.18. The standard InChI is InChI=1S/C15H13ClN2O2/c1-19-12-4-11(8-17)5-13(7-12)20-9-10-2-3-14(16)15(18)6-10/h2-7H,9,18H2,1H3. The van der Waals surface area contributed by atoms with E-state index in [0.717, 1.165) is 5.56 Å². The van der Waals surface area contributed by atoms with Crippen LogP contribution in [0.4, 0.5) is 5.69 Å². The lowest BCUT2D eigenvalue weighted by Gasteiger charge is -2.09. The first-order chi connectivity index (χ1) is 9.62. The smallest absolute Gasteiger partial charge is 0.124 e. The summed E-state index contributed by atoms with van der Waals surface area (Å²) in [5, 5.41) is 9.46. The number of ether oxygens (including phenoxy) is 2. The summed E-state index contributed by atoms with van der Waals surface area (Å²) in [7, 11) is 1.54. The molecule has 0 aliphatic carbocycles. The van der Waals surface area contributed by atoms with Crippen LogP contribution in [0, 0.1) is 11.3 Å². The molecule has 2 aromatic rings. The Balaban J connectivity index is 2.14. The van der Waals surface area contributed by atoms with Crippen molar-refractivity contribution in [3.05, 3.63) is 52.5 Å². The highest BCUT2D eigenvalue weighted by Gasteiger charge is 2.04. The minimum atomic E-state index is 0.333. The van der Waals surface area contributed by atoms with E-state index >= 15 is 0 Å². The van der Waals surface area contributed by atoms with Crippen molar-refractivity contribution in [1.29, 1.82) is 5.26 Å². The number of hydrogen-bond donors (Lipinski definition) is 1. The summed E-state index contributed by atoms with van der Waals surface area (Å²) >= 11 is 5.86. The van der Waals surface area contributed by atoms with Gasteiger partial charge in [-0.25, -0.2) is 0 Å². The molecule has 0 radical (unpaired) electrons. The van der Waals surface area contributed by atoms with Gasteiger partial charge in [-0.2, -0.15) is 5.26 Å². The van der Waals surface area contributed by atoms with Crippen LogP contribution in [-0.2, 0) is 6.61 Å². The average molecular weight is 289 g/mol. The predicted molar refractivity (Wildman–Crippen MR) is 77.9 cm³/mol. The zero-order chi connectivity index (χ0) is 14.5. The Hall–Kier alpha value is -2.38. The third kappa shape index (κ3) is 3.34. The molecule has 0 saturated carbocycles. The number of methoxy groups -OCH3 is 1. The zero-order valence-electron chi connectivity index (χ0n) is 10.9. The van der Waals surface area contributed by atoms with Crippen LogP contribution >= 0.6 is 11.6 Å². The van der Waals surface area contributed by atoms with Gasteiger partial charge in [-0.05, 0) is 29.8 Å². The maximum atomic E-state index is 8.94. The second-order valence-electron chi connectivity index (χ2n) is 4.15. The van der Waals surface area contributed by atoms with Crippen LogP contribution in [0.1, 0.15) is 11.1 Å². The highest BCUT2D eigenvalue weighted by atomic mass is 35.5. The molecule has 0 heterocycles. The SMILES string of the molecule is COc1cc(C#N)cc(OCc2ccc(Cl)c(N)c2)c1. The molecule has 2 rings (SSSR count). The van der Waals surface area contributed by atoms with Gasteiger partial charge < -0.3 is 15.2 Å². The molecule has 0 fully saturated rings. The van der Waals surface area contributed by atoms with Gasteiger partial charge in [-0.3, -0.25) is 0 Å². The maximum Gasteiger partial charge on any atom is 0.124 e. The van der Waals surface area contributed by atoms with E-state index in [1.165, 1.54) is 0 Å². The van der Waals surface area contributed by atoms with E-state index in [1.54, 1.807) is 37.4 Å². The molecule has 0 amide bonds. The van der Waals surface area contributed by atoms with E-state index in [0.29, 0.717) is 34.4 Å². The Morgan fingerprint density at radius 1 is 1.20 bits per heavy atom. The molecule has 0 aliphatic heterocycles. The first-order valence-electron chi connectivity index (χ1n) is 5.88. The van der Waals surface area contributed by atoms with Crippen LogP contribution in [0.2, 0.25) is 5.02 Å². The van der Waals surface area contributed by atoms with Gasteiger partial charge in [0.05, 0.1) is 29.5 Å². The number of nitrogen functional groups attached to an aromatic ring is 1. The van der Waals surface area contributed by atoms with Crippen molar-refractivity contribution < 1.29 is 9.47 Å². The van der Waals surface area contributed by atoms with Crippen LogP contribution in [-0.4, -0.2) is 7.11 Å². The number of anilines is 1. The lowest BCUT2D eigenvalue weighted by atomic mass is 10.2. The van der Waals surface area contributed by atoms with Crippen molar-refractivity contribution in [1.82, 2.24) is 0 Å². The predicted octanol–water partition coefficient (Wildman–Crippen LogP) is 3.38. The van der Waals surface area contributed by atoms with E-state index in [4.69, 9.17) is 32.1 Å². The third-order valence-electron chi connectivity index (χ3n) is 2.71. The van der Waals surface area contributed by atoms with Gasteiger partial charge in [0.25, 0.3) is 0 Å².